The highest BCUT2D eigenvalue weighted by atomic mass is 32.2. The summed E-state index contributed by atoms with van der Waals surface area (Å²) in [6.45, 7) is 5.20. The van der Waals surface area contributed by atoms with Gasteiger partial charge >= 0.3 is 5.97 Å². The standard InChI is InChI=1S/C27H36N2O8S/c1-5-11-29(38(32,33)6-2)13-12-28-16-20(18-7-10-22-24(14-18)37-17-36-22)25(27(30)31)26(28)19-8-9-21(34-3)23(15-19)35-4/h7-10,14-15,20,25-26H,5-6,11-13,16-17H2,1-4H3,(H,30,31)/t20-,25-,26+/m1/s1. The number of likely N-dealkylation sites (tertiary alicyclic amines) is 1. The second-order valence-corrected chi connectivity index (χ2v) is 11.7. The molecule has 0 saturated carbocycles. The molecule has 0 radical (unpaired) electrons. The van der Waals surface area contributed by atoms with E-state index >= 15 is 0 Å². The van der Waals surface area contributed by atoms with Gasteiger partial charge in [-0.3, -0.25) is 9.69 Å². The SMILES string of the molecule is CCCN(CCN1C[C@H](c2ccc3c(c2)OCO3)[C@@H](C(=O)O)[C@@H]1c1ccc(OC)c(OC)c1)S(=O)(=O)CC. The summed E-state index contributed by atoms with van der Waals surface area (Å²) in [4.78, 5) is 14.9. The predicted molar refractivity (Wildman–Crippen MR) is 142 cm³/mol. The summed E-state index contributed by atoms with van der Waals surface area (Å²) >= 11 is 0. The van der Waals surface area contributed by atoms with Gasteiger partial charge < -0.3 is 24.1 Å². The zero-order valence-corrected chi connectivity index (χ0v) is 23.1. The molecular weight excluding hydrogens is 512 g/mol. The van der Waals surface area contributed by atoms with Crippen LogP contribution < -0.4 is 18.9 Å². The third kappa shape index (κ3) is 5.55. The van der Waals surface area contributed by atoms with Gasteiger partial charge in [-0.1, -0.05) is 19.1 Å². The minimum atomic E-state index is -3.39. The van der Waals surface area contributed by atoms with Crippen LogP contribution in [0.15, 0.2) is 36.4 Å². The van der Waals surface area contributed by atoms with Gasteiger partial charge in [0.05, 0.1) is 25.9 Å². The van der Waals surface area contributed by atoms with E-state index in [0.29, 0.717) is 49.1 Å². The number of carboxylic acids is 1. The lowest BCUT2D eigenvalue weighted by Gasteiger charge is -2.30. The fourth-order valence-corrected chi connectivity index (χ4v) is 6.62. The van der Waals surface area contributed by atoms with Crippen molar-refractivity contribution in [2.75, 3.05) is 52.9 Å². The summed E-state index contributed by atoms with van der Waals surface area (Å²) < 4.78 is 48.8. The Bertz CT molecular complexity index is 1250. The summed E-state index contributed by atoms with van der Waals surface area (Å²) in [6.07, 6.45) is 0.690. The number of methoxy groups -OCH3 is 2. The number of rotatable bonds is 12. The molecule has 2 aromatic rings. The van der Waals surface area contributed by atoms with Crippen LogP contribution >= 0.6 is 0 Å². The van der Waals surface area contributed by atoms with Crippen molar-refractivity contribution >= 4 is 16.0 Å². The smallest absolute Gasteiger partial charge is 0.309 e. The number of sulfonamides is 1. The summed E-state index contributed by atoms with van der Waals surface area (Å²) in [5, 5.41) is 10.5. The maximum atomic E-state index is 12.8. The molecule has 0 unspecified atom stereocenters. The van der Waals surface area contributed by atoms with Crippen molar-refractivity contribution in [1.29, 1.82) is 0 Å². The third-order valence-electron chi connectivity index (χ3n) is 7.33. The topological polar surface area (TPSA) is 115 Å². The highest BCUT2D eigenvalue weighted by Gasteiger charge is 2.48. The van der Waals surface area contributed by atoms with Crippen LogP contribution in [0.3, 0.4) is 0 Å². The molecule has 2 aliphatic rings. The van der Waals surface area contributed by atoms with Gasteiger partial charge in [-0.25, -0.2) is 12.7 Å². The molecule has 10 nitrogen and oxygen atoms in total. The number of hydrogen-bond donors (Lipinski definition) is 1. The van der Waals surface area contributed by atoms with Gasteiger partial charge in [0.1, 0.15) is 0 Å². The molecule has 0 aliphatic carbocycles. The minimum absolute atomic E-state index is 0.0175. The number of benzene rings is 2. The maximum absolute atomic E-state index is 12.8. The Labute approximate surface area is 224 Å². The average Bonchev–Trinajstić information content (AvgIpc) is 3.54. The summed E-state index contributed by atoms with van der Waals surface area (Å²) in [7, 11) is -0.310. The number of hydrogen-bond acceptors (Lipinski definition) is 8. The highest BCUT2D eigenvalue weighted by molar-refractivity contribution is 7.89. The van der Waals surface area contributed by atoms with E-state index in [1.54, 1.807) is 26.2 Å². The first-order valence-electron chi connectivity index (χ1n) is 12.8. The Morgan fingerprint density at radius 2 is 1.74 bits per heavy atom. The van der Waals surface area contributed by atoms with Crippen LogP contribution in [0.2, 0.25) is 0 Å². The van der Waals surface area contributed by atoms with E-state index in [1.807, 2.05) is 31.2 Å². The van der Waals surface area contributed by atoms with Gasteiger partial charge in [0.15, 0.2) is 23.0 Å². The van der Waals surface area contributed by atoms with Crippen molar-refractivity contribution < 1.29 is 37.3 Å². The summed E-state index contributed by atoms with van der Waals surface area (Å²) in [6, 6.07) is 10.4. The minimum Gasteiger partial charge on any atom is -0.493 e. The number of fused-ring (bicyclic) bond motifs is 1. The Morgan fingerprint density at radius 3 is 2.39 bits per heavy atom. The molecule has 2 heterocycles. The zero-order valence-electron chi connectivity index (χ0n) is 22.3. The lowest BCUT2D eigenvalue weighted by Crippen LogP contribution is -2.40. The van der Waals surface area contributed by atoms with Gasteiger partial charge in [0.25, 0.3) is 0 Å². The normalized spacial score (nSPS) is 21.1. The molecular formula is C27H36N2O8S. The van der Waals surface area contributed by atoms with Gasteiger partial charge in [-0.2, -0.15) is 0 Å². The zero-order chi connectivity index (χ0) is 27.4. The number of carbonyl (C=O) groups is 1. The third-order valence-corrected chi connectivity index (χ3v) is 9.21. The van der Waals surface area contributed by atoms with E-state index < -0.39 is 28.0 Å². The van der Waals surface area contributed by atoms with Crippen LogP contribution in [0.1, 0.15) is 43.4 Å². The second kappa shape index (κ2) is 11.8. The van der Waals surface area contributed by atoms with Crippen LogP contribution in [-0.4, -0.2) is 81.6 Å². The fourth-order valence-electron chi connectivity index (χ4n) is 5.44. The van der Waals surface area contributed by atoms with Crippen LogP contribution in [0, 0.1) is 5.92 Å². The van der Waals surface area contributed by atoms with Crippen LogP contribution in [0.5, 0.6) is 23.0 Å². The molecule has 1 fully saturated rings. The van der Waals surface area contributed by atoms with Crippen LogP contribution in [0.4, 0.5) is 0 Å². The molecule has 38 heavy (non-hydrogen) atoms. The lowest BCUT2D eigenvalue weighted by atomic mass is 9.82. The molecule has 2 aromatic carbocycles. The Hall–Kier alpha value is -3.02. The number of aliphatic carboxylic acids is 1. The summed E-state index contributed by atoms with van der Waals surface area (Å²) in [5.41, 5.74) is 1.60. The van der Waals surface area contributed by atoms with Gasteiger partial charge in [0.2, 0.25) is 16.8 Å². The first-order chi connectivity index (χ1) is 18.2. The van der Waals surface area contributed by atoms with E-state index in [9.17, 15) is 18.3 Å². The molecule has 0 spiro atoms. The van der Waals surface area contributed by atoms with E-state index in [4.69, 9.17) is 18.9 Å². The van der Waals surface area contributed by atoms with E-state index in [0.717, 1.165) is 11.1 Å². The first-order valence-corrected chi connectivity index (χ1v) is 14.4. The number of carboxylic acid groups (broad SMARTS) is 1. The first kappa shape index (κ1) is 28.0. The van der Waals surface area contributed by atoms with Crippen molar-refractivity contribution in [3.8, 4) is 23.0 Å². The van der Waals surface area contributed by atoms with Crippen molar-refractivity contribution in [3.05, 3.63) is 47.5 Å². The molecule has 1 N–H and O–H groups in total. The Kier molecular flexibility index (Phi) is 8.69. The van der Waals surface area contributed by atoms with Gasteiger partial charge in [-0.15, -0.1) is 0 Å². The van der Waals surface area contributed by atoms with Crippen molar-refractivity contribution in [3.63, 3.8) is 0 Å². The molecule has 1 saturated heterocycles. The fraction of sp³-hybridized carbons (Fsp3) is 0.519. The van der Waals surface area contributed by atoms with Crippen molar-refractivity contribution in [1.82, 2.24) is 9.21 Å². The second-order valence-electron chi connectivity index (χ2n) is 9.44. The quantitative estimate of drug-likeness (QED) is 0.426. The summed E-state index contributed by atoms with van der Waals surface area (Å²) in [5.74, 6) is 0.205. The molecule has 0 amide bonds. The highest BCUT2D eigenvalue weighted by Crippen LogP contribution is 2.48. The van der Waals surface area contributed by atoms with E-state index in [-0.39, 0.29) is 25.0 Å². The van der Waals surface area contributed by atoms with Crippen LogP contribution in [0.25, 0.3) is 0 Å². The van der Waals surface area contributed by atoms with Crippen molar-refractivity contribution in [2.45, 2.75) is 32.2 Å². The lowest BCUT2D eigenvalue weighted by molar-refractivity contribution is -0.143. The van der Waals surface area contributed by atoms with E-state index in [2.05, 4.69) is 4.90 Å². The molecule has 0 aromatic heterocycles. The van der Waals surface area contributed by atoms with Crippen molar-refractivity contribution in [2.24, 2.45) is 5.92 Å². The largest absolute Gasteiger partial charge is 0.493 e. The number of ether oxygens (including phenoxy) is 4. The molecule has 11 heteroatoms. The molecule has 0 bridgehead atoms. The predicted octanol–water partition coefficient (Wildman–Crippen LogP) is 3.34. The molecule has 3 atom stereocenters. The Morgan fingerprint density at radius 1 is 1.03 bits per heavy atom. The average molecular weight is 549 g/mol. The Balaban J connectivity index is 1.74. The molecule has 2 aliphatic heterocycles. The van der Waals surface area contributed by atoms with Crippen LogP contribution in [-0.2, 0) is 14.8 Å². The monoisotopic (exact) mass is 548 g/mol. The van der Waals surface area contributed by atoms with E-state index in [1.165, 1.54) is 11.4 Å². The molecule has 4 rings (SSSR count). The maximum Gasteiger partial charge on any atom is 0.309 e. The van der Waals surface area contributed by atoms with Gasteiger partial charge in [0, 0.05) is 38.1 Å². The number of nitrogens with zero attached hydrogens (tertiary/aromatic N) is 2. The molecule has 208 valence electrons. The van der Waals surface area contributed by atoms with Gasteiger partial charge in [-0.05, 0) is 48.7 Å².